The van der Waals surface area contributed by atoms with Crippen molar-refractivity contribution >= 4 is 5.95 Å². The lowest BCUT2D eigenvalue weighted by molar-refractivity contribution is 0.410. The van der Waals surface area contributed by atoms with Crippen molar-refractivity contribution in [2.45, 2.75) is 19.3 Å². The molecule has 5 nitrogen and oxygen atoms in total. The van der Waals surface area contributed by atoms with Crippen LogP contribution in [0, 0.1) is 6.92 Å². The van der Waals surface area contributed by atoms with Gasteiger partial charge in [-0.2, -0.15) is 0 Å². The zero-order valence-corrected chi connectivity index (χ0v) is 9.20. The highest BCUT2D eigenvalue weighted by Gasteiger charge is 2.22. The van der Waals surface area contributed by atoms with Crippen LogP contribution in [0.3, 0.4) is 0 Å². The van der Waals surface area contributed by atoms with Crippen LogP contribution in [-0.2, 0) is 0 Å². The minimum absolute atomic E-state index is 0.513. The molecule has 82 valence electrons. The minimum Gasteiger partial charge on any atom is -0.306 e. The van der Waals surface area contributed by atoms with E-state index in [2.05, 4.69) is 27.3 Å². The predicted molar refractivity (Wildman–Crippen MR) is 59.4 cm³/mol. The van der Waals surface area contributed by atoms with Crippen molar-refractivity contribution in [1.82, 2.24) is 14.9 Å². The normalized spacial score (nSPS) is 21.9. The third-order valence-electron chi connectivity index (χ3n) is 2.81. The Bertz CT molecular complexity index is 352. The molecule has 1 aromatic rings. The molecule has 0 radical (unpaired) electrons. The Morgan fingerprint density at radius 3 is 2.93 bits per heavy atom. The summed E-state index contributed by atoms with van der Waals surface area (Å²) >= 11 is 0. The lowest BCUT2D eigenvalue weighted by Gasteiger charge is -2.11. The number of nitrogens with zero attached hydrogens (tertiary/aromatic N) is 3. The van der Waals surface area contributed by atoms with E-state index in [-0.39, 0.29) is 0 Å². The quantitative estimate of drug-likeness (QED) is 0.545. The van der Waals surface area contributed by atoms with Crippen LogP contribution in [-0.4, -0.2) is 35.0 Å². The molecule has 1 aromatic heterocycles. The summed E-state index contributed by atoms with van der Waals surface area (Å²) in [6.45, 7) is 4.17. The van der Waals surface area contributed by atoms with Gasteiger partial charge in [-0.1, -0.05) is 0 Å². The standard InChI is InChI=1S/C10H17N5/c1-7-5-9(13-10(12-7)14-11)8-3-4-15(2)6-8/h5,8H,3-4,6,11H2,1-2H3,(H,12,13,14). The van der Waals surface area contributed by atoms with Gasteiger partial charge in [0.05, 0.1) is 5.69 Å². The molecule has 1 aliphatic rings. The Labute approximate surface area is 89.7 Å². The molecule has 0 spiro atoms. The van der Waals surface area contributed by atoms with Crippen LogP contribution < -0.4 is 11.3 Å². The van der Waals surface area contributed by atoms with E-state index in [0.29, 0.717) is 11.9 Å². The average molecular weight is 207 g/mol. The van der Waals surface area contributed by atoms with Crippen molar-refractivity contribution < 1.29 is 0 Å². The summed E-state index contributed by atoms with van der Waals surface area (Å²) < 4.78 is 0. The largest absolute Gasteiger partial charge is 0.306 e. The first-order valence-electron chi connectivity index (χ1n) is 5.20. The highest BCUT2D eigenvalue weighted by atomic mass is 15.3. The topological polar surface area (TPSA) is 67.1 Å². The van der Waals surface area contributed by atoms with Crippen molar-refractivity contribution in [2.75, 3.05) is 25.6 Å². The summed E-state index contributed by atoms with van der Waals surface area (Å²) in [5, 5.41) is 0. The third-order valence-corrected chi connectivity index (χ3v) is 2.81. The van der Waals surface area contributed by atoms with Gasteiger partial charge >= 0.3 is 0 Å². The Morgan fingerprint density at radius 2 is 2.33 bits per heavy atom. The Morgan fingerprint density at radius 1 is 1.53 bits per heavy atom. The maximum atomic E-state index is 5.33. The van der Waals surface area contributed by atoms with Crippen molar-refractivity contribution in [3.05, 3.63) is 17.5 Å². The fourth-order valence-electron chi connectivity index (χ4n) is 2.04. The van der Waals surface area contributed by atoms with E-state index in [1.807, 2.05) is 13.0 Å². The average Bonchev–Trinajstić information content (AvgIpc) is 2.64. The summed E-state index contributed by atoms with van der Waals surface area (Å²) in [7, 11) is 2.14. The molecule has 0 aromatic carbocycles. The highest BCUT2D eigenvalue weighted by Crippen LogP contribution is 2.25. The molecule has 1 atom stereocenters. The zero-order chi connectivity index (χ0) is 10.8. The van der Waals surface area contributed by atoms with Crippen LogP contribution >= 0.6 is 0 Å². The number of nitrogen functional groups attached to an aromatic ring is 1. The maximum absolute atomic E-state index is 5.33. The van der Waals surface area contributed by atoms with Gasteiger partial charge in [-0.25, -0.2) is 15.8 Å². The van der Waals surface area contributed by atoms with Crippen LogP contribution in [0.4, 0.5) is 5.95 Å². The van der Waals surface area contributed by atoms with E-state index < -0.39 is 0 Å². The fraction of sp³-hybridized carbons (Fsp3) is 0.600. The molecule has 2 rings (SSSR count). The lowest BCUT2D eigenvalue weighted by atomic mass is 10.0. The van der Waals surface area contributed by atoms with E-state index in [4.69, 9.17) is 5.84 Å². The van der Waals surface area contributed by atoms with E-state index >= 15 is 0 Å². The van der Waals surface area contributed by atoms with E-state index in [0.717, 1.165) is 30.9 Å². The van der Waals surface area contributed by atoms with E-state index in [1.165, 1.54) is 0 Å². The Hall–Kier alpha value is -1.20. The molecule has 1 fully saturated rings. The molecular weight excluding hydrogens is 190 g/mol. The zero-order valence-electron chi connectivity index (χ0n) is 9.20. The first-order chi connectivity index (χ1) is 7.19. The molecule has 0 bridgehead atoms. The molecule has 5 heteroatoms. The number of anilines is 1. The number of likely N-dealkylation sites (N-methyl/N-ethyl adjacent to an activating group) is 1. The second-order valence-corrected chi connectivity index (χ2v) is 4.15. The lowest BCUT2D eigenvalue weighted by Crippen LogP contribution is -2.16. The molecule has 15 heavy (non-hydrogen) atoms. The molecule has 2 heterocycles. The summed E-state index contributed by atoms with van der Waals surface area (Å²) in [4.78, 5) is 10.9. The maximum Gasteiger partial charge on any atom is 0.237 e. The Kier molecular flexibility index (Phi) is 2.83. The number of hydrazine groups is 1. The number of nitrogens with two attached hydrogens (primary N) is 1. The van der Waals surface area contributed by atoms with Gasteiger partial charge in [0.2, 0.25) is 5.95 Å². The Balaban J connectivity index is 2.24. The van der Waals surface area contributed by atoms with Crippen LogP contribution in [0.2, 0.25) is 0 Å². The van der Waals surface area contributed by atoms with Crippen LogP contribution in [0.25, 0.3) is 0 Å². The van der Waals surface area contributed by atoms with Gasteiger partial charge in [-0.05, 0) is 33.0 Å². The summed E-state index contributed by atoms with van der Waals surface area (Å²) in [5.74, 6) is 6.36. The van der Waals surface area contributed by atoms with E-state index in [1.54, 1.807) is 0 Å². The molecular formula is C10H17N5. The van der Waals surface area contributed by atoms with Crippen LogP contribution in [0.15, 0.2) is 6.07 Å². The van der Waals surface area contributed by atoms with Gasteiger partial charge in [-0.15, -0.1) is 0 Å². The molecule has 0 amide bonds. The number of aromatic nitrogens is 2. The van der Waals surface area contributed by atoms with Gasteiger partial charge in [0.1, 0.15) is 0 Å². The van der Waals surface area contributed by atoms with Crippen molar-refractivity contribution in [3.63, 3.8) is 0 Å². The number of nitrogens with one attached hydrogen (secondary N) is 1. The van der Waals surface area contributed by atoms with Crippen LogP contribution in [0.1, 0.15) is 23.7 Å². The second-order valence-electron chi connectivity index (χ2n) is 4.15. The summed E-state index contributed by atoms with van der Waals surface area (Å²) in [5.41, 5.74) is 4.56. The smallest absolute Gasteiger partial charge is 0.237 e. The third kappa shape index (κ3) is 2.24. The monoisotopic (exact) mass is 207 g/mol. The van der Waals surface area contributed by atoms with Crippen molar-refractivity contribution in [1.29, 1.82) is 0 Å². The number of hydrogen-bond acceptors (Lipinski definition) is 5. The summed E-state index contributed by atoms with van der Waals surface area (Å²) in [6, 6.07) is 2.05. The van der Waals surface area contributed by atoms with Gasteiger partial charge in [-0.3, -0.25) is 5.43 Å². The number of rotatable bonds is 2. The molecule has 1 unspecified atom stereocenters. The summed E-state index contributed by atoms with van der Waals surface area (Å²) in [6.07, 6.45) is 1.16. The second kappa shape index (κ2) is 4.12. The predicted octanol–water partition coefficient (Wildman–Crippen LogP) is 0.490. The first kappa shape index (κ1) is 10.3. The molecule has 3 N–H and O–H groups in total. The van der Waals surface area contributed by atoms with Gasteiger partial charge in [0, 0.05) is 18.2 Å². The fourth-order valence-corrected chi connectivity index (χ4v) is 2.04. The molecule has 0 aliphatic carbocycles. The molecule has 1 aliphatic heterocycles. The van der Waals surface area contributed by atoms with Gasteiger partial charge < -0.3 is 4.90 Å². The minimum atomic E-state index is 0.513. The van der Waals surface area contributed by atoms with Crippen LogP contribution in [0.5, 0.6) is 0 Å². The van der Waals surface area contributed by atoms with Crippen molar-refractivity contribution in [2.24, 2.45) is 5.84 Å². The number of hydrogen-bond donors (Lipinski definition) is 2. The van der Waals surface area contributed by atoms with E-state index in [9.17, 15) is 0 Å². The number of likely N-dealkylation sites (tertiary alicyclic amines) is 1. The highest BCUT2D eigenvalue weighted by molar-refractivity contribution is 5.28. The van der Waals surface area contributed by atoms with Gasteiger partial charge in [0.25, 0.3) is 0 Å². The first-order valence-corrected chi connectivity index (χ1v) is 5.20. The number of aryl methyl sites for hydroxylation is 1. The molecule has 0 saturated carbocycles. The van der Waals surface area contributed by atoms with Crippen molar-refractivity contribution in [3.8, 4) is 0 Å². The van der Waals surface area contributed by atoms with Gasteiger partial charge in [0.15, 0.2) is 0 Å². The molecule has 1 saturated heterocycles. The SMILES string of the molecule is Cc1cc(C2CCN(C)C2)nc(NN)n1.